The van der Waals surface area contributed by atoms with Crippen LogP contribution in [-0.4, -0.2) is 166 Å². The van der Waals surface area contributed by atoms with Gasteiger partial charge in [0, 0.05) is 97.2 Å². The molecule has 4 aliphatic heterocycles. The van der Waals surface area contributed by atoms with E-state index in [0.717, 1.165) is 78.1 Å². The molecule has 5 heterocycles. The second-order valence-corrected chi connectivity index (χ2v) is 19.5. The van der Waals surface area contributed by atoms with Gasteiger partial charge >= 0.3 is 0 Å². The number of hydrogen-bond acceptors (Lipinski definition) is 14. The fourth-order valence-electron chi connectivity index (χ4n) is 11.0. The summed E-state index contributed by atoms with van der Waals surface area (Å²) in [5.74, 6) is -2.05. The van der Waals surface area contributed by atoms with E-state index in [4.69, 9.17) is 18.9 Å². The standard InChI is InChI=1S/C54H64N8O10/c1-4-35-31-39-40(54(2,3)50-48(49(39)65)37-9-8-34(33-55)30-42(37)57-50)32-44(35)60-16-12-36(13-17-60)59-18-20-61(21-19-59)46(64)14-22-69-24-26-71-28-29-72-27-25-70-23-15-56-41-7-5-6-38-47(41)53(68)62(52(38)67)43-10-11-45(63)58-51(43)66/h5-9,30-32,36,43,56-57H,4,10-29H2,1-3H3,(H,58,63,66). The number of anilines is 2. The molecule has 0 spiro atoms. The van der Waals surface area contributed by atoms with E-state index in [1.54, 1.807) is 24.3 Å². The molecule has 18 heteroatoms. The lowest BCUT2D eigenvalue weighted by atomic mass is 9.70. The summed E-state index contributed by atoms with van der Waals surface area (Å²) in [6.07, 6.45) is 3.38. The highest BCUT2D eigenvalue weighted by molar-refractivity contribution is 6.25. The summed E-state index contributed by atoms with van der Waals surface area (Å²) in [6, 6.07) is 16.5. The van der Waals surface area contributed by atoms with Crippen molar-refractivity contribution in [2.24, 2.45) is 0 Å². The van der Waals surface area contributed by atoms with Crippen molar-refractivity contribution in [3.8, 4) is 6.07 Å². The fourth-order valence-corrected chi connectivity index (χ4v) is 11.0. The molecule has 72 heavy (non-hydrogen) atoms. The van der Waals surface area contributed by atoms with Gasteiger partial charge in [0.2, 0.25) is 17.7 Å². The number of ketones is 1. The molecule has 1 unspecified atom stereocenters. The van der Waals surface area contributed by atoms with Crippen LogP contribution in [-0.2, 0) is 45.2 Å². The molecule has 0 saturated carbocycles. The van der Waals surface area contributed by atoms with Crippen LogP contribution in [0.3, 0.4) is 0 Å². The highest BCUT2D eigenvalue weighted by atomic mass is 16.6. The number of aromatic nitrogens is 1. The first-order chi connectivity index (χ1) is 34.9. The van der Waals surface area contributed by atoms with Crippen molar-refractivity contribution < 1.29 is 47.7 Å². The maximum atomic E-state index is 14.1. The molecule has 1 atom stereocenters. The Kier molecular flexibility index (Phi) is 15.5. The van der Waals surface area contributed by atoms with Crippen LogP contribution in [0.1, 0.15) is 112 Å². The van der Waals surface area contributed by atoms with E-state index in [2.05, 4.69) is 64.4 Å². The van der Waals surface area contributed by atoms with Crippen molar-refractivity contribution >= 4 is 57.6 Å². The first kappa shape index (κ1) is 50.5. The number of hydrogen-bond donors (Lipinski definition) is 3. The molecule has 3 aromatic carbocycles. The summed E-state index contributed by atoms with van der Waals surface area (Å²) >= 11 is 0. The van der Waals surface area contributed by atoms with Gasteiger partial charge in [-0.2, -0.15) is 5.26 Å². The zero-order valence-corrected chi connectivity index (χ0v) is 41.4. The van der Waals surface area contributed by atoms with Gasteiger partial charge in [0.05, 0.1) is 87.6 Å². The summed E-state index contributed by atoms with van der Waals surface area (Å²) in [4.78, 5) is 88.9. The molecule has 4 aromatic rings. The lowest BCUT2D eigenvalue weighted by Crippen LogP contribution is -2.54. The Hall–Kier alpha value is -6.49. The Bertz CT molecular complexity index is 2780. The van der Waals surface area contributed by atoms with E-state index in [1.807, 2.05) is 17.0 Å². The average molecular weight is 985 g/mol. The third-order valence-corrected chi connectivity index (χ3v) is 14.9. The Morgan fingerprint density at radius 1 is 0.792 bits per heavy atom. The summed E-state index contributed by atoms with van der Waals surface area (Å²) in [7, 11) is 0. The summed E-state index contributed by atoms with van der Waals surface area (Å²) in [5, 5.41) is 15.7. The third kappa shape index (κ3) is 10.3. The topological polar surface area (TPSA) is 216 Å². The number of imide groups is 2. The normalized spacial score (nSPS) is 19.1. The van der Waals surface area contributed by atoms with Gasteiger partial charge in [-0.3, -0.25) is 43.9 Å². The summed E-state index contributed by atoms with van der Waals surface area (Å²) in [5.41, 5.74) is 7.65. The monoisotopic (exact) mass is 984 g/mol. The highest BCUT2D eigenvalue weighted by Crippen LogP contribution is 2.46. The first-order valence-electron chi connectivity index (χ1n) is 25.3. The van der Waals surface area contributed by atoms with Crippen LogP contribution in [0.5, 0.6) is 0 Å². The van der Waals surface area contributed by atoms with E-state index in [9.17, 15) is 34.0 Å². The van der Waals surface area contributed by atoms with Crippen LogP contribution < -0.4 is 15.5 Å². The number of fused-ring (bicyclic) bond motifs is 5. The van der Waals surface area contributed by atoms with E-state index in [0.29, 0.717) is 102 Å². The number of carbonyl (C=O) groups is 6. The highest BCUT2D eigenvalue weighted by Gasteiger charge is 2.46. The zero-order chi connectivity index (χ0) is 50.5. The van der Waals surface area contributed by atoms with E-state index in [1.165, 1.54) is 11.3 Å². The van der Waals surface area contributed by atoms with Crippen LogP contribution in [0.25, 0.3) is 10.9 Å². The number of nitriles is 1. The Balaban J connectivity index is 0.611. The Morgan fingerprint density at radius 3 is 2.17 bits per heavy atom. The predicted octanol–water partition coefficient (Wildman–Crippen LogP) is 4.56. The van der Waals surface area contributed by atoms with Gasteiger partial charge in [-0.1, -0.05) is 32.9 Å². The molecule has 0 radical (unpaired) electrons. The number of amides is 5. The molecule has 5 amide bonds. The number of nitrogens with one attached hydrogen (secondary N) is 3. The fraction of sp³-hybridized carbons (Fsp3) is 0.500. The lowest BCUT2D eigenvalue weighted by Gasteiger charge is -2.44. The molecule has 18 nitrogen and oxygen atoms in total. The van der Waals surface area contributed by atoms with Crippen LogP contribution >= 0.6 is 0 Å². The molecule has 3 saturated heterocycles. The number of nitrogens with zero attached hydrogens (tertiary/aromatic N) is 5. The number of carbonyl (C=O) groups excluding carboxylic acids is 6. The number of piperazine rings is 1. The van der Waals surface area contributed by atoms with Gasteiger partial charge in [0.15, 0.2) is 5.78 Å². The van der Waals surface area contributed by atoms with Crippen molar-refractivity contribution in [1.29, 1.82) is 5.26 Å². The van der Waals surface area contributed by atoms with Crippen molar-refractivity contribution in [2.75, 3.05) is 109 Å². The minimum Gasteiger partial charge on any atom is -0.382 e. The molecule has 0 bridgehead atoms. The maximum Gasteiger partial charge on any atom is 0.264 e. The molecule has 380 valence electrons. The van der Waals surface area contributed by atoms with Crippen LogP contribution in [0.15, 0.2) is 48.5 Å². The number of benzene rings is 3. The van der Waals surface area contributed by atoms with E-state index in [-0.39, 0.29) is 35.7 Å². The average Bonchev–Trinajstić information content (AvgIpc) is 3.91. The van der Waals surface area contributed by atoms with Crippen molar-refractivity contribution in [3.05, 3.63) is 93.2 Å². The number of piperidine rings is 2. The molecule has 1 aromatic heterocycles. The molecule has 9 rings (SSSR count). The van der Waals surface area contributed by atoms with Gasteiger partial charge < -0.3 is 39.0 Å². The molecule has 3 fully saturated rings. The van der Waals surface area contributed by atoms with Gasteiger partial charge in [-0.25, -0.2) is 0 Å². The number of ether oxygens (including phenoxy) is 4. The summed E-state index contributed by atoms with van der Waals surface area (Å²) in [6.45, 7) is 14.8. The number of aromatic amines is 1. The molecule has 1 aliphatic carbocycles. The quantitative estimate of drug-likeness (QED) is 0.0819. The van der Waals surface area contributed by atoms with Crippen molar-refractivity contribution in [3.63, 3.8) is 0 Å². The Morgan fingerprint density at radius 2 is 1.49 bits per heavy atom. The smallest absolute Gasteiger partial charge is 0.264 e. The number of H-pyrrole nitrogens is 1. The first-order valence-corrected chi connectivity index (χ1v) is 25.3. The zero-order valence-electron chi connectivity index (χ0n) is 41.4. The van der Waals surface area contributed by atoms with Crippen LogP contribution in [0.2, 0.25) is 0 Å². The summed E-state index contributed by atoms with van der Waals surface area (Å²) < 4.78 is 22.6. The van der Waals surface area contributed by atoms with Crippen molar-refractivity contribution in [1.82, 2.24) is 25.0 Å². The largest absolute Gasteiger partial charge is 0.382 e. The number of aryl methyl sites for hydroxylation is 1. The van der Waals surface area contributed by atoms with Gasteiger partial charge in [0.1, 0.15) is 6.04 Å². The second-order valence-electron chi connectivity index (χ2n) is 19.5. The maximum absolute atomic E-state index is 14.1. The van der Waals surface area contributed by atoms with Crippen LogP contribution in [0.4, 0.5) is 11.4 Å². The van der Waals surface area contributed by atoms with Gasteiger partial charge in [0.25, 0.3) is 11.8 Å². The SMILES string of the molecule is CCc1cc2c(cc1N1CCC(N3CCN(C(=O)CCOCCOCCOCCOCCNc4cccc5c4C(=O)N(C4CCC(=O)NC4=O)C5=O)CC3)CC1)C(C)(C)c1[nH]c3cc(C#N)ccc3c1C2=O. The predicted molar refractivity (Wildman–Crippen MR) is 267 cm³/mol. The minimum atomic E-state index is -1.02. The molecular formula is C54H64N8O10. The van der Waals surface area contributed by atoms with Crippen molar-refractivity contribution in [2.45, 2.75) is 76.8 Å². The second kappa shape index (κ2) is 22.1. The third-order valence-electron chi connectivity index (χ3n) is 14.9. The van der Waals surface area contributed by atoms with Gasteiger partial charge in [-0.05, 0) is 73.2 Å². The molecular weight excluding hydrogens is 921 g/mol. The lowest BCUT2D eigenvalue weighted by molar-refractivity contribution is -0.136. The molecule has 3 N–H and O–H groups in total. The molecule has 5 aliphatic rings. The van der Waals surface area contributed by atoms with E-state index < -0.39 is 35.1 Å². The number of rotatable bonds is 20. The minimum absolute atomic E-state index is 0.0382. The van der Waals surface area contributed by atoms with E-state index >= 15 is 0 Å². The van der Waals surface area contributed by atoms with Gasteiger partial charge in [-0.15, -0.1) is 0 Å². The van der Waals surface area contributed by atoms with Crippen LogP contribution in [0, 0.1) is 11.3 Å². The Labute approximate surface area is 419 Å².